The number of nitrogens with one attached hydrogen (secondary N) is 1. The normalized spacial score (nSPS) is 12.1. The highest BCUT2D eigenvalue weighted by molar-refractivity contribution is 7.84. The van der Waals surface area contributed by atoms with E-state index in [-0.39, 0.29) is 5.91 Å². The van der Waals surface area contributed by atoms with Crippen LogP contribution in [-0.2, 0) is 10.8 Å². The van der Waals surface area contributed by atoms with E-state index >= 15 is 0 Å². The van der Waals surface area contributed by atoms with Crippen molar-refractivity contribution >= 4 is 22.4 Å². The molecule has 0 saturated carbocycles. The van der Waals surface area contributed by atoms with Crippen LogP contribution < -0.4 is 11.1 Å². The van der Waals surface area contributed by atoms with Crippen LogP contribution in [0.15, 0.2) is 18.5 Å². The molecule has 0 fully saturated rings. The minimum atomic E-state index is -0.815. The van der Waals surface area contributed by atoms with Crippen molar-refractivity contribution < 1.29 is 9.00 Å². The number of nitrogen functional groups attached to an aromatic ring is 1. The van der Waals surface area contributed by atoms with Gasteiger partial charge in [-0.05, 0) is 12.5 Å². The van der Waals surface area contributed by atoms with Crippen LogP contribution in [-0.4, -0.2) is 33.7 Å². The van der Waals surface area contributed by atoms with E-state index < -0.39 is 10.8 Å². The number of hydrogen-bond donors (Lipinski definition) is 2. The summed E-state index contributed by atoms with van der Waals surface area (Å²) in [7, 11) is -0.815. The second-order valence-corrected chi connectivity index (χ2v) is 4.90. The van der Waals surface area contributed by atoms with Crippen molar-refractivity contribution in [2.24, 2.45) is 0 Å². The van der Waals surface area contributed by atoms with Gasteiger partial charge in [-0.2, -0.15) is 0 Å². The molecule has 16 heavy (non-hydrogen) atoms. The summed E-state index contributed by atoms with van der Waals surface area (Å²) in [6.45, 7) is 0.500. The monoisotopic (exact) mass is 241 g/mol. The Morgan fingerprint density at radius 3 is 3.00 bits per heavy atom. The van der Waals surface area contributed by atoms with Gasteiger partial charge in [-0.1, -0.05) is 0 Å². The minimum Gasteiger partial charge on any atom is -0.397 e. The van der Waals surface area contributed by atoms with Crippen LogP contribution >= 0.6 is 0 Å². The molecule has 1 atom stereocenters. The summed E-state index contributed by atoms with van der Waals surface area (Å²) in [6, 6.07) is 1.57. The van der Waals surface area contributed by atoms with Gasteiger partial charge in [0.2, 0.25) is 0 Å². The van der Waals surface area contributed by atoms with E-state index in [1.807, 2.05) is 0 Å². The van der Waals surface area contributed by atoms with Gasteiger partial charge in [0.1, 0.15) is 0 Å². The Hall–Kier alpha value is -1.43. The smallest absolute Gasteiger partial charge is 0.253 e. The van der Waals surface area contributed by atoms with Crippen molar-refractivity contribution in [2.45, 2.75) is 6.42 Å². The third-order valence-electron chi connectivity index (χ3n) is 1.99. The number of nitrogens with zero attached hydrogens (tertiary/aromatic N) is 1. The Bertz CT molecular complexity index is 395. The summed E-state index contributed by atoms with van der Waals surface area (Å²) >= 11 is 0. The van der Waals surface area contributed by atoms with E-state index in [1.54, 1.807) is 12.3 Å². The van der Waals surface area contributed by atoms with Gasteiger partial charge >= 0.3 is 0 Å². The molecule has 88 valence electrons. The van der Waals surface area contributed by atoms with Crippen molar-refractivity contribution in [2.75, 3.05) is 24.3 Å². The molecule has 3 N–H and O–H groups in total. The third-order valence-corrected chi connectivity index (χ3v) is 2.85. The van der Waals surface area contributed by atoms with Gasteiger partial charge in [0.25, 0.3) is 5.91 Å². The Morgan fingerprint density at radius 1 is 1.62 bits per heavy atom. The van der Waals surface area contributed by atoms with Gasteiger partial charge in [-0.3, -0.25) is 14.0 Å². The molecular weight excluding hydrogens is 226 g/mol. The predicted octanol–water partition coefficient (Wildman–Crippen LogP) is 0.162. The van der Waals surface area contributed by atoms with Crippen LogP contribution in [0.2, 0.25) is 0 Å². The lowest BCUT2D eigenvalue weighted by Crippen LogP contribution is -2.26. The molecule has 1 unspecified atom stereocenters. The fraction of sp³-hybridized carbons (Fsp3) is 0.400. The Kier molecular flexibility index (Phi) is 4.91. The lowest BCUT2D eigenvalue weighted by molar-refractivity contribution is 0.0954. The second kappa shape index (κ2) is 6.22. The van der Waals surface area contributed by atoms with E-state index in [1.165, 1.54) is 12.4 Å². The maximum atomic E-state index is 11.6. The van der Waals surface area contributed by atoms with E-state index in [9.17, 15) is 9.00 Å². The molecule has 6 heteroatoms. The largest absolute Gasteiger partial charge is 0.397 e. The second-order valence-electron chi connectivity index (χ2n) is 3.35. The van der Waals surface area contributed by atoms with Crippen molar-refractivity contribution in [1.29, 1.82) is 0 Å². The molecule has 5 nitrogen and oxygen atoms in total. The van der Waals surface area contributed by atoms with Crippen LogP contribution in [0.5, 0.6) is 0 Å². The molecule has 1 amide bonds. The van der Waals surface area contributed by atoms with Gasteiger partial charge in [0.05, 0.1) is 17.4 Å². The van der Waals surface area contributed by atoms with Gasteiger partial charge in [0, 0.05) is 35.5 Å². The zero-order chi connectivity index (χ0) is 12.0. The minimum absolute atomic E-state index is 0.221. The van der Waals surface area contributed by atoms with Gasteiger partial charge in [0.15, 0.2) is 0 Å². The molecule has 0 aliphatic carbocycles. The number of pyridine rings is 1. The van der Waals surface area contributed by atoms with Crippen molar-refractivity contribution in [1.82, 2.24) is 10.3 Å². The maximum Gasteiger partial charge on any atom is 0.253 e. The predicted molar refractivity (Wildman–Crippen MR) is 64.5 cm³/mol. The summed E-state index contributed by atoms with van der Waals surface area (Å²) in [5, 5.41) is 2.71. The molecule has 1 rings (SSSR count). The summed E-state index contributed by atoms with van der Waals surface area (Å²) in [5.74, 6) is 0.369. The fourth-order valence-corrected chi connectivity index (χ4v) is 1.74. The molecule has 1 aromatic rings. The molecule has 0 aliphatic rings. The number of carbonyl (C=O) groups excluding carboxylic acids is 1. The summed E-state index contributed by atoms with van der Waals surface area (Å²) in [6.07, 6.45) is 5.30. The number of anilines is 1. The Morgan fingerprint density at radius 2 is 2.38 bits per heavy atom. The molecule has 0 aliphatic heterocycles. The Balaban J connectivity index is 2.41. The van der Waals surface area contributed by atoms with E-state index in [0.717, 1.165) is 0 Å². The van der Waals surface area contributed by atoms with Gasteiger partial charge in [-0.15, -0.1) is 0 Å². The topological polar surface area (TPSA) is 85.1 Å². The molecule has 1 aromatic heterocycles. The third kappa shape index (κ3) is 3.98. The Labute approximate surface area is 96.9 Å². The first-order valence-corrected chi connectivity index (χ1v) is 6.61. The standard InChI is InChI=1S/C10H15N3O2S/c1-16(15)6-2-4-13-10(14)8-3-5-12-7-9(8)11/h3,5,7H,2,4,6,11H2,1H3,(H,13,14). The first kappa shape index (κ1) is 12.6. The lowest BCUT2D eigenvalue weighted by atomic mass is 10.2. The number of hydrogen-bond acceptors (Lipinski definition) is 4. The van der Waals surface area contributed by atoms with E-state index in [2.05, 4.69) is 10.3 Å². The SMILES string of the molecule is CS(=O)CCCNC(=O)c1ccncc1N. The van der Waals surface area contributed by atoms with Crippen molar-refractivity contribution in [3.63, 3.8) is 0 Å². The number of carbonyl (C=O) groups is 1. The van der Waals surface area contributed by atoms with Crippen LogP contribution in [0, 0.1) is 0 Å². The highest BCUT2D eigenvalue weighted by Crippen LogP contribution is 2.07. The molecule has 0 aromatic carbocycles. The van der Waals surface area contributed by atoms with Crippen LogP contribution in [0.1, 0.15) is 16.8 Å². The quantitative estimate of drug-likeness (QED) is 0.719. The zero-order valence-electron chi connectivity index (χ0n) is 9.10. The molecule has 0 bridgehead atoms. The maximum absolute atomic E-state index is 11.6. The highest BCUT2D eigenvalue weighted by Gasteiger charge is 2.07. The van der Waals surface area contributed by atoms with Gasteiger partial charge in [-0.25, -0.2) is 0 Å². The molecular formula is C10H15N3O2S. The number of amides is 1. The van der Waals surface area contributed by atoms with E-state index in [4.69, 9.17) is 5.73 Å². The molecule has 1 heterocycles. The van der Waals surface area contributed by atoms with E-state index in [0.29, 0.717) is 30.0 Å². The van der Waals surface area contributed by atoms with Crippen molar-refractivity contribution in [3.8, 4) is 0 Å². The number of nitrogens with two attached hydrogens (primary N) is 1. The van der Waals surface area contributed by atoms with Crippen molar-refractivity contribution in [3.05, 3.63) is 24.0 Å². The van der Waals surface area contributed by atoms with Crippen LogP contribution in [0.4, 0.5) is 5.69 Å². The number of rotatable bonds is 5. The average Bonchev–Trinajstić information content (AvgIpc) is 2.24. The average molecular weight is 241 g/mol. The summed E-state index contributed by atoms with van der Waals surface area (Å²) < 4.78 is 10.8. The first-order chi connectivity index (χ1) is 7.61. The summed E-state index contributed by atoms with van der Waals surface area (Å²) in [5.41, 5.74) is 6.39. The first-order valence-electron chi connectivity index (χ1n) is 4.89. The van der Waals surface area contributed by atoms with Crippen LogP contribution in [0.3, 0.4) is 0 Å². The zero-order valence-corrected chi connectivity index (χ0v) is 9.92. The molecule has 0 saturated heterocycles. The number of aromatic nitrogens is 1. The lowest BCUT2D eigenvalue weighted by Gasteiger charge is -2.06. The highest BCUT2D eigenvalue weighted by atomic mass is 32.2. The molecule has 0 spiro atoms. The van der Waals surface area contributed by atoms with Crippen LogP contribution in [0.25, 0.3) is 0 Å². The van der Waals surface area contributed by atoms with Gasteiger partial charge < -0.3 is 11.1 Å². The fourth-order valence-electron chi connectivity index (χ4n) is 1.19. The summed E-state index contributed by atoms with van der Waals surface area (Å²) in [4.78, 5) is 15.4. The molecule has 0 radical (unpaired) electrons.